The minimum Gasteiger partial charge on any atom is -0.492 e. The van der Waals surface area contributed by atoms with E-state index in [4.69, 9.17) is 4.74 Å². The number of nitrogens with zero attached hydrogens (tertiary/aromatic N) is 1. The molecular weight excluding hydrogens is 408 g/mol. The number of carbonyl (C=O) groups excluding carboxylic acids is 1. The molecule has 0 fully saturated rings. The Bertz CT molecular complexity index is 838. The number of amides is 1. The molecule has 8 heteroatoms. The maximum absolute atomic E-state index is 12.4. The lowest BCUT2D eigenvalue weighted by Gasteiger charge is -2.22. The van der Waals surface area contributed by atoms with Gasteiger partial charge < -0.3 is 10.1 Å². The summed E-state index contributed by atoms with van der Waals surface area (Å²) in [5.74, 6) is 0.0772. The number of rotatable bonds is 7. The number of ether oxygens (including phenoxy) is 1. The molecule has 2 aromatic rings. The van der Waals surface area contributed by atoms with Crippen molar-refractivity contribution < 1.29 is 17.9 Å². The van der Waals surface area contributed by atoms with Crippen LogP contribution in [0.15, 0.2) is 53.0 Å². The lowest BCUT2D eigenvalue weighted by Crippen LogP contribution is -2.37. The second kappa shape index (κ2) is 8.35. The Morgan fingerprint density at radius 1 is 1.16 bits per heavy atom. The van der Waals surface area contributed by atoms with Crippen LogP contribution in [0.5, 0.6) is 5.75 Å². The number of para-hydroxylation sites is 2. The van der Waals surface area contributed by atoms with E-state index in [0.29, 0.717) is 23.7 Å². The van der Waals surface area contributed by atoms with Crippen molar-refractivity contribution in [2.45, 2.75) is 6.92 Å². The molecule has 6 nitrogen and oxygen atoms in total. The average molecular weight is 427 g/mol. The van der Waals surface area contributed by atoms with Crippen LogP contribution in [-0.4, -0.2) is 33.7 Å². The summed E-state index contributed by atoms with van der Waals surface area (Å²) >= 11 is 3.30. The normalized spacial score (nSPS) is 11.0. The first kappa shape index (κ1) is 19.3. The molecule has 0 radical (unpaired) electrons. The summed E-state index contributed by atoms with van der Waals surface area (Å²) in [6.07, 6.45) is 1.07. The van der Waals surface area contributed by atoms with Gasteiger partial charge in [0.25, 0.3) is 0 Å². The zero-order chi connectivity index (χ0) is 18.4. The van der Waals surface area contributed by atoms with Gasteiger partial charge in [-0.05, 0) is 43.3 Å². The standard InChI is InChI=1S/C17H19BrN2O4S/c1-3-24-16-7-5-4-6-15(16)19-17(21)12-20(25(2,22)23)14-10-8-13(18)9-11-14/h4-11H,3,12H2,1-2H3,(H,19,21). The summed E-state index contributed by atoms with van der Waals surface area (Å²) in [7, 11) is -3.61. The van der Waals surface area contributed by atoms with Gasteiger partial charge in [-0.2, -0.15) is 0 Å². The largest absolute Gasteiger partial charge is 0.492 e. The van der Waals surface area contributed by atoms with Crippen LogP contribution in [0.3, 0.4) is 0 Å². The van der Waals surface area contributed by atoms with Gasteiger partial charge in [0.1, 0.15) is 12.3 Å². The van der Waals surface area contributed by atoms with Gasteiger partial charge in [-0.3, -0.25) is 9.10 Å². The number of hydrogen-bond donors (Lipinski definition) is 1. The molecule has 2 aromatic carbocycles. The van der Waals surface area contributed by atoms with E-state index in [1.165, 1.54) is 0 Å². The predicted octanol–water partition coefficient (Wildman–Crippen LogP) is 3.25. The molecule has 0 spiro atoms. The monoisotopic (exact) mass is 426 g/mol. The molecule has 0 heterocycles. The zero-order valence-corrected chi connectivity index (χ0v) is 16.3. The fourth-order valence-corrected chi connectivity index (χ4v) is 3.30. The van der Waals surface area contributed by atoms with Crippen LogP contribution in [-0.2, 0) is 14.8 Å². The summed E-state index contributed by atoms with van der Waals surface area (Å²) in [6, 6.07) is 13.7. The number of sulfonamides is 1. The van der Waals surface area contributed by atoms with Crippen molar-refractivity contribution in [3.05, 3.63) is 53.0 Å². The highest BCUT2D eigenvalue weighted by Crippen LogP contribution is 2.24. The maximum atomic E-state index is 12.4. The minimum atomic E-state index is -3.61. The fraction of sp³-hybridized carbons (Fsp3) is 0.235. The van der Waals surface area contributed by atoms with E-state index >= 15 is 0 Å². The average Bonchev–Trinajstić information content (AvgIpc) is 2.55. The van der Waals surface area contributed by atoms with Crippen LogP contribution in [0, 0.1) is 0 Å². The summed E-state index contributed by atoms with van der Waals surface area (Å²) in [5, 5.41) is 2.70. The molecule has 0 unspecified atom stereocenters. The molecule has 0 atom stereocenters. The molecule has 25 heavy (non-hydrogen) atoms. The highest BCUT2D eigenvalue weighted by molar-refractivity contribution is 9.10. The Morgan fingerprint density at radius 2 is 1.80 bits per heavy atom. The number of nitrogens with one attached hydrogen (secondary N) is 1. The van der Waals surface area contributed by atoms with E-state index in [2.05, 4.69) is 21.2 Å². The third-order valence-corrected chi connectivity index (χ3v) is 4.93. The van der Waals surface area contributed by atoms with Crippen molar-refractivity contribution in [1.29, 1.82) is 0 Å². The van der Waals surface area contributed by atoms with E-state index in [9.17, 15) is 13.2 Å². The Labute approximate surface area is 156 Å². The topological polar surface area (TPSA) is 75.7 Å². The second-order valence-electron chi connectivity index (χ2n) is 5.22. The number of carbonyl (C=O) groups is 1. The predicted molar refractivity (Wildman–Crippen MR) is 103 cm³/mol. The van der Waals surface area contributed by atoms with Gasteiger partial charge in [-0.15, -0.1) is 0 Å². The molecule has 0 aromatic heterocycles. The van der Waals surface area contributed by atoms with Crippen LogP contribution in [0.2, 0.25) is 0 Å². The summed E-state index contributed by atoms with van der Waals surface area (Å²) in [5.41, 5.74) is 0.914. The summed E-state index contributed by atoms with van der Waals surface area (Å²) < 4.78 is 31.5. The van der Waals surface area contributed by atoms with Gasteiger partial charge in [-0.25, -0.2) is 8.42 Å². The van der Waals surface area contributed by atoms with Crippen LogP contribution in [0.1, 0.15) is 6.92 Å². The summed E-state index contributed by atoms with van der Waals surface area (Å²) in [4.78, 5) is 12.4. The summed E-state index contributed by atoms with van der Waals surface area (Å²) in [6.45, 7) is 1.97. The highest BCUT2D eigenvalue weighted by atomic mass is 79.9. The molecule has 134 valence electrons. The molecule has 0 aliphatic heterocycles. The smallest absolute Gasteiger partial charge is 0.245 e. The lowest BCUT2D eigenvalue weighted by atomic mass is 10.3. The van der Waals surface area contributed by atoms with Gasteiger partial charge in [0.2, 0.25) is 15.9 Å². The fourth-order valence-electron chi connectivity index (χ4n) is 2.18. The molecule has 0 saturated carbocycles. The molecule has 0 aliphatic rings. The molecule has 2 rings (SSSR count). The molecule has 1 N–H and O–H groups in total. The van der Waals surface area contributed by atoms with Crippen LogP contribution in [0.25, 0.3) is 0 Å². The Hall–Kier alpha value is -2.06. The van der Waals surface area contributed by atoms with Crippen molar-refractivity contribution in [2.24, 2.45) is 0 Å². The van der Waals surface area contributed by atoms with Crippen molar-refractivity contribution in [3.8, 4) is 5.75 Å². The van der Waals surface area contributed by atoms with Crippen molar-refractivity contribution in [1.82, 2.24) is 0 Å². The van der Waals surface area contributed by atoms with Crippen molar-refractivity contribution in [3.63, 3.8) is 0 Å². The van der Waals surface area contributed by atoms with Crippen molar-refractivity contribution >= 4 is 43.2 Å². The van der Waals surface area contributed by atoms with Gasteiger partial charge in [-0.1, -0.05) is 28.1 Å². The molecule has 1 amide bonds. The molecular formula is C17H19BrN2O4S. The highest BCUT2D eigenvalue weighted by Gasteiger charge is 2.21. The Kier molecular flexibility index (Phi) is 6.44. The molecule has 0 bridgehead atoms. The van der Waals surface area contributed by atoms with E-state index < -0.39 is 15.9 Å². The van der Waals surface area contributed by atoms with Gasteiger partial charge in [0.05, 0.1) is 24.2 Å². The lowest BCUT2D eigenvalue weighted by molar-refractivity contribution is -0.114. The number of hydrogen-bond acceptors (Lipinski definition) is 4. The number of anilines is 2. The van der Waals surface area contributed by atoms with Gasteiger partial charge >= 0.3 is 0 Å². The number of benzene rings is 2. The zero-order valence-electron chi connectivity index (χ0n) is 13.9. The third-order valence-electron chi connectivity index (χ3n) is 3.26. The Morgan fingerprint density at radius 3 is 2.40 bits per heavy atom. The second-order valence-corrected chi connectivity index (χ2v) is 8.05. The first-order valence-electron chi connectivity index (χ1n) is 7.56. The van der Waals surface area contributed by atoms with E-state index in [0.717, 1.165) is 15.0 Å². The SMILES string of the molecule is CCOc1ccccc1NC(=O)CN(c1ccc(Br)cc1)S(C)(=O)=O. The minimum absolute atomic E-state index is 0.332. The Balaban J connectivity index is 2.19. The number of halogens is 1. The first-order valence-corrected chi connectivity index (χ1v) is 10.2. The molecule has 0 saturated heterocycles. The third kappa shape index (κ3) is 5.47. The van der Waals surface area contributed by atoms with Gasteiger partial charge in [0, 0.05) is 4.47 Å². The van der Waals surface area contributed by atoms with Crippen LogP contribution >= 0.6 is 15.9 Å². The molecule has 0 aliphatic carbocycles. The van der Waals surface area contributed by atoms with Crippen LogP contribution in [0.4, 0.5) is 11.4 Å². The van der Waals surface area contributed by atoms with E-state index in [-0.39, 0.29) is 6.54 Å². The van der Waals surface area contributed by atoms with E-state index in [1.54, 1.807) is 48.5 Å². The van der Waals surface area contributed by atoms with Crippen LogP contribution < -0.4 is 14.4 Å². The quantitative estimate of drug-likeness (QED) is 0.736. The van der Waals surface area contributed by atoms with Crippen molar-refractivity contribution in [2.75, 3.05) is 29.0 Å². The first-order chi connectivity index (χ1) is 11.8. The maximum Gasteiger partial charge on any atom is 0.245 e. The van der Waals surface area contributed by atoms with Gasteiger partial charge in [0.15, 0.2) is 0 Å². The van der Waals surface area contributed by atoms with E-state index in [1.807, 2.05) is 6.92 Å².